The highest BCUT2D eigenvalue weighted by Gasteiger charge is 2.28. The quantitative estimate of drug-likeness (QED) is 0.869. The fourth-order valence-corrected chi connectivity index (χ4v) is 3.00. The van der Waals surface area contributed by atoms with Crippen molar-refractivity contribution < 1.29 is 14.3 Å². The number of urea groups is 1. The second kappa shape index (κ2) is 8.03. The molecule has 120 valence electrons. The standard InChI is InChI=1S/C16H21ClN2O3/c1-22-15(20)11-18-16(21)19-10-6-2-3-9-14(19)12-7-4-5-8-13(12)17/h4-5,7-8,14H,2-3,6,9-11H2,1H3,(H,18,21)/t14-/m0/s1. The minimum Gasteiger partial charge on any atom is -0.468 e. The summed E-state index contributed by atoms with van der Waals surface area (Å²) >= 11 is 6.30. The van der Waals surface area contributed by atoms with Crippen LogP contribution in [0.5, 0.6) is 0 Å². The van der Waals surface area contributed by atoms with Crippen molar-refractivity contribution in [3.63, 3.8) is 0 Å². The molecule has 1 N–H and O–H groups in total. The lowest BCUT2D eigenvalue weighted by Crippen LogP contribution is -2.44. The number of rotatable bonds is 3. The van der Waals surface area contributed by atoms with Gasteiger partial charge in [0.2, 0.25) is 0 Å². The van der Waals surface area contributed by atoms with Gasteiger partial charge in [0.25, 0.3) is 0 Å². The molecule has 1 atom stereocenters. The summed E-state index contributed by atoms with van der Waals surface area (Å²) in [6.45, 7) is 0.532. The Hall–Kier alpha value is -1.75. The minimum absolute atomic E-state index is 0.0613. The summed E-state index contributed by atoms with van der Waals surface area (Å²) in [6.07, 6.45) is 3.96. The van der Waals surface area contributed by atoms with Crippen LogP contribution in [0.15, 0.2) is 24.3 Å². The molecule has 0 aromatic heterocycles. The number of nitrogens with one attached hydrogen (secondary N) is 1. The van der Waals surface area contributed by atoms with Crippen LogP contribution in [0.2, 0.25) is 5.02 Å². The molecule has 22 heavy (non-hydrogen) atoms. The third-order valence-corrected chi connectivity index (χ3v) is 4.23. The van der Waals surface area contributed by atoms with Crippen molar-refractivity contribution in [2.24, 2.45) is 0 Å². The zero-order valence-corrected chi connectivity index (χ0v) is 13.4. The minimum atomic E-state index is -0.461. The van der Waals surface area contributed by atoms with Crippen LogP contribution in [0.3, 0.4) is 0 Å². The van der Waals surface area contributed by atoms with Gasteiger partial charge in [-0.05, 0) is 24.5 Å². The van der Waals surface area contributed by atoms with E-state index in [4.69, 9.17) is 11.6 Å². The number of nitrogens with zero attached hydrogens (tertiary/aromatic N) is 1. The molecular weight excluding hydrogens is 304 g/mol. The van der Waals surface area contributed by atoms with E-state index >= 15 is 0 Å². The van der Waals surface area contributed by atoms with Crippen LogP contribution >= 0.6 is 11.6 Å². The number of hydrogen-bond acceptors (Lipinski definition) is 3. The van der Waals surface area contributed by atoms with Gasteiger partial charge in [-0.3, -0.25) is 4.79 Å². The molecule has 5 nitrogen and oxygen atoms in total. The molecule has 0 saturated carbocycles. The van der Waals surface area contributed by atoms with E-state index in [0.29, 0.717) is 11.6 Å². The smallest absolute Gasteiger partial charge is 0.325 e. The molecule has 0 bridgehead atoms. The number of ether oxygens (including phenoxy) is 1. The number of esters is 1. The molecule has 1 aliphatic heterocycles. The molecule has 0 radical (unpaired) electrons. The SMILES string of the molecule is COC(=O)CNC(=O)N1CCCCC[C@H]1c1ccccc1Cl. The summed E-state index contributed by atoms with van der Waals surface area (Å²) in [4.78, 5) is 25.4. The fourth-order valence-electron chi connectivity index (χ4n) is 2.74. The summed E-state index contributed by atoms with van der Waals surface area (Å²) in [5, 5.41) is 3.29. The van der Waals surface area contributed by atoms with Crippen molar-refractivity contribution in [2.75, 3.05) is 20.2 Å². The van der Waals surface area contributed by atoms with Crippen molar-refractivity contribution in [1.29, 1.82) is 0 Å². The lowest BCUT2D eigenvalue weighted by molar-refractivity contribution is -0.139. The number of halogens is 1. The Morgan fingerprint density at radius 1 is 1.32 bits per heavy atom. The molecule has 1 heterocycles. The Morgan fingerprint density at radius 3 is 2.82 bits per heavy atom. The summed E-state index contributed by atoms with van der Waals surface area (Å²) in [5.41, 5.74) is 0.958. The third-order valence-electron chi connectivity index (χ3n) is 3.89. The van der Waals surface area contributed by atoms with Gasteiger partial charge in [-0.1, -0.05) is 42.6 Å². The molecule has 1 aromatic carbocycles. The van der Waals surface area contributed by atoms with E-state index < -0.39 is 5.97 Å². The fraction of sp³-hybridized carbons (Fsp3) is 0.500. The van der Waals surface area contributed by atoms with E-state index in [1.807, 2.05) is 24.3 Å². The Kier molecular flexibility index (Phi) is 6.07. The molecule has 0 spiro atoms. The first-order valence-electron chi connectivity index (χ1n) is 7.49. The third kappa shape index (κ3) is 4.13. The summed E-state index contributed by atoms with van der Waals surface area (Å²) in [5.74, 6) is -0.461. The van der Waals surface area contributed by atoms with Gasteiger partial charge in [-0.15, -0.1) is 0 Å². The molecule has 0 aliphatic carbocycles. The van der Waals surface area contributed by atoms with Gasteiger partial charge in [-0.25, -0.2) is 4.79 Å². The summed E-state index contributed by atoms with van der Waals surface area (Å²) in [7, 11) is 1.30. The van der Waals surface area contributed by atoms with Crippen LogP contribution in [0, 0.1) is 0 Å². The van der Waals surface area contributed by atoms with Crippen molar-refractivity contribution in [3.05, 3.63) is 34.9 Å². The molecule has 2 rings (SSSR count). The lowest BCUT2D eigenvalue weighted by atomic mass is 10.0. The zero-order valence-electron chi connectivity index (χ0n) is 12.7. The lowest BCUT2D eigenvalue weighted by Gasteiger charge is -2.31. The molecule has 6 heteroatoms. The normalized spacial score (nSPS) is 18.5. The highest BCUT2D eigenvalue weighted by atomic mass is 35.5. The average molecular weight is 325 g/mol. The van der Waals surface area contributed by atoms with Crippen LogP contribution in [0.4, 0.5) is 4.79 Å². The average Bonchev–Trinajstić information content (AvgIpc) is 2.78. The summed E-state index contributed by atoms with van der Waals surface area (Å²) < 4.78 is 4.55. The molecule has 1 saturated heterocycles. The predicted molar refractivity (Wildman–Crippen MR) is 84.8 cm³/mol. The number of benzene rings is 1. The van der Waals surface area contributed by atoms with Gasteiger partial charge in [-0.2, -0.15) is 0 Å². The van der Waals surface area contributed by atoms with Crippen molar-refractivity contribution >= 4 is 23.6 Å². The monoisotopic (exact) mass is 324 g/mol. The van der Waals surface area contributed by atoms with Crippen molar-refractivity contribution in [3.8, 4) is 0 Å². The maximum Gasteiger partial charge on any atom is 0.325 e. The largest absolute Gasteiger partial charge is 0.468 e. The Bertz CT molecular complexity index is 536. The number of likely N-dealkylation sites (tertiary alicyclic amines) is 1. The topological polar surface area (TPSA) is 58.6 Å². The van der Waals surface area contributed by atoms with E-state index in [0.717, 1.165) is 31.2 Å². The van der Waals surface area contributed by atoms with E-state index in [-0.39, 0.29) is 18.6 Å². The van der Waals surface area contributed by atoms with Crippen LogP contribution in [0.1, 0.15) is 37.3 Å². The van der Waals surface area contributed by atoms with Crippen LogP contribution in [0.25, 0.3) is 0 Å². The Labute approximate surface area is 135 Å². The first-order valence-corrected chi connectivity index (χ1v) is 7.87. The van der Waals surface area contributed by atoms with Crippen LogP contribution < -0.4 is 5.32 Å². The maximum atomic E-state index is 12.4. The molecule has 2 amide bonds. The van der Waals surface area contributed by atoms with E-state index in [2.05, 4.69) is 10.1 Å². The van der Waals surface area contributed by atoms with Gasteiger partial charge in [0.15, 0.2) is 0 Å². The first-order chi connectivity index (χ1) is 10.6. The Balaban J connectivity index is 2.15. The van der Waals surface area contributed by atoms with Gasteiger partial charge in [0.1, 0.15) is 6.54 Å². The molecule has 0 unspecified atom stereocenters. The number of methoxy groups -OCH3 is 1. The highest BCUT2D eigenvalue weighted by molar-refractivity contribution is 6.31. The highest BCUT2D eigenvalue weighted by Crippen LogP contribution is 2.34. The van der Waals surface area contributed by atoms with Crippen molar-refractivity contribution in [1.82, 2.24) is 10.2 Å². The van der Waals surface area contributed by atoms with E-state index in [1.165, 1.54) is 7.11 Å². The first kappa shape index (κ1) is 16.6. The van der Waals surface area contributed by atoms with E-state index in [1.54, 1.807) is 4.90 Å². The van der Waals surface area contributed by atoms with E-state index in [9.17, 15) is 9.59 Å². The molecular formula is C16H21ClN2O3. The summed E-state index contributed by atoms with van der Waals surface area (Å²) in [6, 6.07) is 7.29. The van der Waals surface area contributed by atoms with Gasteiger partial charge < -0.3 is 15.0 Å². The molecule has 1 fully saturated rings. The molecule has 1 aliphatic rings. The van der Waals surface area contributed by atoms with Gasteiger partial charge in [0.05, 0.1) is 13.2 Å². The second-order valence-corrected chi connectivity index (χ2v) is 5.72. The van der Waals surface area contributed by atoms with Crippen LogP contribution in [-0.2, 0) is 9.53 Å². The zero-order chi connectivity index (χ0) is 15.9. The number of carbonyl (C=O) groups is 2. The van der Waals surface area contributed by atoms with Gasteiger partial charge in [0, 0.05) is 11.6 Å². The maximum absolute atomic E-state index is 12.4. The second-order valence-electron chi connectivity index (χ2n) is 5.31. The number of hydrogen-bond donors (Lipinski definition) is 1. The van der Waals surface area contributed by atoms with Crippen molar-refractivity contribution in [2.45, 2.75) is 31.7 Å². The number of amides is 2. The molecule has 1 aromatic rings. The van der Waals surface area contributed by atoms with Crippen LogP contribution in [-0.4, -0.2) is 37.1 Å². The predicted octanol–water partition coefficient (Wildman–Crippen LogP) is 3.14. The Morgan fingerprint density at radius 2 is 2.09 bits per heavy atom. The van der Waals surface area contributed by atoms with Gasteiger partial charge >= 0.3 is 12.0 Å². The number of carbonyl (C=O) groups excluding carboxylic acids is 2.